The first kappa shape index (κ1) is 13.2. The summed E-state index contributed by atoms with van der Waals surface area (Å²) in [7, 11) is 1.65. The Labute approximate surface area is 117 Å². The van der Waals surface area contributed by atoms with Gasteiger partial charge in [-0.05, 0) is 28.1 Å². The summed E-state index contributed by atoms with van der Waals surface area (Å²) in [6, 6.07) is 4.35. The molecule has 94 valence electrons. The number of hydrogen-bond donors (Lipinski definition) is 0. The molecular formula is C12H9BrClFN2O. The molecule has 0 aliphatic heterocycles. The SMILES string of the molecule is Cn1ncc(Br)c1C(=O)Cc1c(F)cccc1Cl. The second-order valence-corrected chi connectivity index (χ2v) is 5.03. The second kappa shape index (κ2) is 5.20. The predicted octanol–water partition coefficient (Wildman–Crippen LogP) is 3.40. The Hall–Kier alpha value is -1.20. The third kappa shape index (κ3) is 2.47. The van der Waals surface area contributed by atoms with Gasteiger partial charge in [0.25, 0.3) is 0 Å². The van der Waals surface area contributed by atoms with Crippen LogP contribution in [0.4, 0.5) is 4.39 Å². The van der Waals surface area contributed by atoms with Crippen molar-refractivity contribution in [3.8, 4) is 0 Å². The Kier molecular flexibility index (Phi) is 3.82. The molecule has 0 spiro atoms. The zero-order valence-corrected chi connectivity index (χ0v) is 11.8. The minimum Gasteiger partial charge on any atom is -0.292 e. The zero-order chi connectivity index (χ0) is 13.3. The van der Waals surface area contributed by atoms with Crippen LogP contribution in [0.5, 0.6) is 0 Å². The molecule has 0 N–H and O–H groups in total. The van der Waals surface area contributed by atoms with Gasteiger partial charge in [0.05, 0.1) is 10.7 Å². The fourth-order valence-electron chi connectivity index (χ4n) is 1.67. The van der Waals surface area contributed by atoms with Crippen molar-refractivity contribution in [2.45, 2.75) is 6.42 Å². The van der Waals surface area contributed by atoms with Gasteiger partial charge < -0.3 is 0 Å². The monoisotopic (exact) mass is 330 g/mol. The highest BCUT2D eigenvalue weighted by molar-refractivity contribution is 9.10. The Balaban J connectivity index is 2.33. The van der Waals surface area contributed by atoms with E-state index in [0.717, 1.165) is 0 Å². The van der Waals surface area contributed by atoms with E-state index >= 15 is 0 Å². The van der Waals surface area contributed by atoms with Gasteiger partial charge in [-0.2, -0.15) is 5.10 Å². The van der Waals surface area contributed by atoms with E-state index in [-0.39, 0.29) is 22.8 Å². The molecular weight excluding hydrogens is 322 g/mol. The summed E-state index contributed by atoms with van der Waals surface area (Å²) in [5.74, 6) is -0.719. The first-order valence-electron chi connectivity index (χ1n) is 5.14. The van der Waals surface area contributed by atoms with Crippen LogP contribution in [-0.2, 0) is 13.5 Å². The summed E-state index contributed by atoms with van der Waals surface area (Å²) in [6.45, 7) is 0. The lowest BCUT2D eigenvalue weighted by atomic mass is 10.1. The maximum atomic E-state index is 13.6. The first-order chi connectivity index (χ1) is 8.50. The molecule has 2 rings (SSSR count). The third-order valence-electron chi connectivity index (χ3n) is 2.56. The van der Waals surface area contributed by atoms with Gasteiger partial charge in [-0.3, -0.25) is 9.48 Å². The molecule has 0 saturated heterocycles. The molecule has 0 atom stereocenters. The van der Waals surface area contributed by atoms with Crippen LogP contribution in [0.15, 0.2) is 28.9 Å². The summed E-state index contributed by atoms with van der Waals surface area (Å²) in [6.07, 6.45) is 1.43. The molecule has 3 nitrogen and oxygen atoms in total. The van der Waals surface area contributed by atoms with Gasteiger partial charge in [0.2, 0.25) is 0 Å². The number of hydrogen-bond acceptors (Lipinski definition) is 2. The van der Waals surface area contributed by atoms with Crippen molar-refractivity contribution >= 4 is 33.3 Å². The smallest absolute Gasteiger partial charge is 0.186 e. The first-order valence-corrected chi connectivity index (χ1v) is 6.31. The fraction of sp³-hybridized carbons (Fsp3) is 0.167. The van der Waals surface area contributed by atoms with Crippen LogP contribution in [0.25, 0.3) is 0 Å². The van der Waals surface area contributed by atoms with Gasteiger partial charge in [0, 0.05) is 24.1 Å². The van der Waals surface area contributed by atoms with Crippen LogP contribution in [0.1, 0.15) is 16.1 Å². The largest absolute Gasteiger partial charge is 0.292 e. The normalized spacial score (nSPS) is 10.7. The minimum atomic E-state index is -0.478. The molecule has 0 radical (unpaired) electrons. The average molecular weight is 332 g/mol. The summed E-state index contributed by atoms with van der Waals surface area (Å²) >= 11 is 9.13. The molecule has 0 saturated carbocycles. The van der Waals surface area contributed by atoms with E-state index in [1.165, 1.54) is 23.0 Å². The van der Waals surface area contributed by atoms with Crippen molar-refractivity contribution in [3.05, 3.63) is 51.0 Å². The molecule has 2 aromatic rings. The number of carbonyl (C=O) groups is 1. The van der Waals surface area contributed by atoms with E-state index in [1.807, 2.05) is 0 Å². The summed E-state index contributed by atoms with van der Waals surface area (Å²) in [4.78, 5) is 12.1. The molecule has 0 unspecified atom stereocenters. The fourth-order valence-corrected chi connectivity index (χ4v) is 2.47. The lowest BCUT2D eigenvalue weighted by Gasteiger charge is -2.06. The molecule has 0 aliphatic rings. The topological polar surface area (TPSA) is 34.9 Å². The minimum absolute atomic E-state index is 0.0936. The number of carbonyl (C=O) groups excluding carboxylic acids is 1. The molecule has 0 amide bonds. The summed E-state index contributed by atoms with van der Waals surface area (Å²) < 4.78 is 15.6. The van der Waals surface area contributed by atoms with Gasteiger partial charge in [0.15, 0.2) is 5.78 Å². The van der Waals surface area contributed by atoms with Crippen LogP contribution >= 0.6 is 27.5 Å². The Morgan fingerprint density at radius 3 is 2.83 bits per heavy atom. The number of benzene rings is 1. The number of Topliss-reactive ketones (excluding diaryl/α,β-unsaturated/α-hetero) is 1. The maximum Gasteiger partial charge on any atom is 0.186 e. The Bertz CT molecular complexity index is 572. The Morgan fingerprint density at radius 2 is 2.28 bits per heavy atom. The van der Waals surface area contributed by atoms with Crippen LogP contribution in [-0.4, -0.2) is 15.6 Å². The van der Waals surface area contributed by atoms with Crippen molar-refractivity contribution in [3.63, 3.8) is 0 Å². The molecule has 18 heavy (non-hydrogen) atoms. The number of aryl methyl sites for hydroxylation is 1. The van der Waals surface area contributed by atoms with Crippen LogP contribution < -0.4 is 0 Å². The van der Waals surface area contributed by atoms with E-state index in [4.69, 9.17) is 11.6 Å². The van der Waals surface area contributed by atoms with E-state index in [9.17, 15) is 9.18 Å². The van der Waals surface area contributed by atoms with Gasteiger partial charge in [-0.25, -0.2) is 4.39 Å². The van der Waals surface area contributed by atoms with E-state index in [1.54, 1.807) is 13.1 Å². The van der Waals surface area contributed by atoms with Crippen LogP contribution in [0.3, 0.4) is 0 Å². The van der Waals surface area contributed by atoms with Crippen LogP contribution in [0.2, 0.25) is 5.02 Å². The number of aromatic nitrogens is 2. The molecule has 1 aromatic carbocycles. The molecule has 0 fully saturated rings. The standard InChI is InChI=1S/C12H9BrClFN2O/c1-17-12(8(13)6-16-17)11(18)5-7-9(14)3-2-4-10(7)15/h2-4,6H,5H2,1H3. The molecule has 1 heterocycles. The second-order valence-electron chi connectivity index (χ2n) is 3.76. The van der Waals surface area contributed by atoms with Crippen molar-refractivity contribution in [1.82, 2.24) is 9.78 Å². The van der Waals surface area contributed by atoms with Crippen molar-refractivity contribution in [1.29, 1.82) is 0 Å². The van der Waals surface area contributed by atoms with E-state index < -0.39 is 5.82 Å². The van der Waals surface area contributed by atoms with E-state index in [0.29, 0.717) is 10.2 Å². The number of nitrogens with zero attached hydrogens (tertiary/aromatic N) is 2. The van der Waals surface area contributed by atoms with Gasteiger partial charge in [-0.15, -0.1) is 0 Å². The predicted molar refractivity (Wildman–Crippen MR) is 70.4 cm³/mol. The van der Waals surface area contributed by atoms with Crippen molar-refractivity contribution in [2.24, 2.45) is 7.05 Å². The van der Waals surface area contributed by atoms with Crippen molar-refractivity contribution in [2.75, 3.05) is 0 Å². The molecule has 0 aliphatic carbocycles. The van der Waals surface area contributed by atoms with Crippen LogP contribution in [0, 0.1) is 5.82 Å². The highest BCUT2D eigenvalue weighted by Gasteiger charge is 2.18. The van der Waals surface area contributed by atoms with E-state index in [2.05, 4.69) is 21.0 Å². The molecule has 1 aromatic heterocycles. The lowest BCUT2D eigenvalue weighted by Crippen LogP contribution is -2.11. The van der Waals surface area contributed by atoms with Gasteiger partial charge >= 0.3 is 0 Å². The van der Waals surface area contributed by atoms with Crippen molar-refractivity contribution < 1.29 is 9.18 Å². The van der Waals surface area contributed by atoms with Gasteiger partial charge in [0.1, 0.15) is 11.5 Å². The lowest BCUT2D eigenvalue weighted by molar-refractivity contribution is 0.0982. The summed E-state index contributed by atoms with van der Waals surface area (Å²) in [5.41, 5.74) is 0.603. The number of halogens is 3. The number of rotatable bonds is 3. The molecule has 6 heteroatoms. The van der Waals surface area contributed by atoms with Gasteiger partial charge in [-0.1, -0.05) is 17.7 Å². The molecule has 0 bridgehead atoms. The summed E-state index contributed by atoms with van der Waals surface area (Å²) in [5, 5.41) is 4.20. The quantitative estimate of drug-likeness (QED) is 0.808. The number of ketones is 1. The maximum absolute atomic E-state index is 13.6. The highest BCUT2D eigenvalue weighted by Crippen LogP contribution is 2.23. The zero-order valence-electron chi connectivity index (χ0n) is 9.45. The Morgan fingerprint density at radius 1 is 1.56 bits per heavy atom. The average Bonchev–Trinajstić information content (AvgIpc) is 2.64. The highest BCUT2D eigenvalue weighted by atomic mass is 79.9. The third-order valence-corrected chi connectivity index (χ3v) is 3.49.